The minimum absolute atomic E-state index is 0.172. The van der Waals surface area contributed by atoms with Crippen molar-refractivity contribution in [2.75, 3.05) is 12.4 Å². The van der Waals surface area contributed by atoms with Crippen LogP contribution in [-0.4, -0.2) is 28.3 Å². The maximum Gasteiger partial charge on any atom is 0.217 e. The fourth-order valence-electron chi connectivity index (χ4n) is 0.0660. The SMILES string of the molecule is CCN.O=[PH](O)C(O)CCl. The minimum Gasteiger partial charge on any atom is -0.382 e. The van der Waals surface area contributed by atoms with E-state index in [0.29, 0.717) is 0 Å². The van der Waals surface area contributed by atoms with Crippen molar-refractivity contribution >= 4 is 19.6 Å². The number of alkyl halides is 1. The van der Waals surface area contributed by atoms with Crippen LogP contribution in [0.15, 0.2) is 0 Å². The Morgan fingerprint density at radius 3 is 2.10 bits per heavy atom. The summed E-state index contributed by atoms with van der Waals surface area (Å²) in [5.74, 6) is -1.40. The molecule has 0 spiro atoms. The number of halogens is 1. The maximum absolute atomic E-state index is 9.78. The first kappa shape index (κ1) is 13.0. The van der Waals surface area contributed by atoms with E-state index in [-0.39, 0.29) is 5.88 Å². The van der Waals surface area contributed by atoms with Crippen molar-refractivity contribution in [3.8, 4) is 0 Å². The monoisotopic (exact) mass is 189 g/mol. The molecule has 2 unspecified atom stereocenters. The molecule has 0 aliphatic carbocycles. The molecule has 0 bridgehead atoms. The molecule has 10 heavy (non-hydrogen) atoms. The Morgan fingerprint density at radius 2 is 2.10 bits per heavy atom. The van der Waals surface area contributed by atoms with Crippen LogP contribution in [0, 0.1) is 0 Å². The lowest BCUT2D eigenvalue weighted by Crippen LogP contribution is -1.99. The third kappa shape index (κ3) is 11.2. The Balaban J connectivity index is 0. The Morgan fingerprint density at radius 1 is 1.80 bits per heavy atom. The smallest absolute Gasteiger partial charge is 0.217 e. The van der Waals surface area contributed by atoms with Crippen LogP contribution in [0.3, 0.4) is 0 Å². The van der Waals surface area contributed by atoms with Crippen molar-refractivity contribution in [3.05, 3.63) is 0 Å². The van der Waals surface area contributed by atoms with Gasteiger partial charge in [-0.2, -0.15) is 0 Å². The van der Waals surface area contributed by atoms with Crippen LogP contribution in [0.4, 0.5) is 0 Å². The Hall–Kier alpha value is 0.400. The summed E-state index contributed by atoms with van der Waals surface area (Å²) in [4.78, 5) is 8.03. The van der Waals surface area contributed by atoms with Gasteiger partial charge in [-0.05, 0) is 6.54 Å². The van der Waals surface area contributed by atoms with Crippen molar-refractivity contribution in [3.63, 3.8) is 0 Å². The normalized spacial score (nSPS) is 14.9. The van der Waals surface area contributed by atoms with Gasteiger partial charge in [0, 0.05) is 0 Å². The minimum atomic E-state index is -2.79. The van der Waals surface area contributed by atoms with Gasteiger partial charge < -0.3 is 15.7 Å². The van der Waals surface area contributed by atoms with Gasteiger partial charge in [0.2, 0.25) is 8.03 Å². The fraction of sp³-hybridized carbons (Fsp3) is 1.00. The molecule has 0 aliphatic heterocycles. The zero-order valence-corrected chi connectivity index (χ0v) is 7.51. The van der Waals surface area contributed by atoms with E-state index in [2.05, 4.69) is 0 Å². The van der Waals surface area contributed by atoms with E-state index < -0.39 is 13.9 Å². The summed E-state index contributed by atoms with van der Waals surface area (Å²) in [5.41, 5.74) is 4.85. The van der Waals surface area contributed by atoms with Gasteiger partial charge in [0.1, 0.15) is 5.85 Å². The second-order valence-corrected chi connectivity index (χ2v) is 3.07. The molecule has 0 amide bonds. The standard InChI is InChI=1S/C2H6ClO3P.C2H7N/c3-1-2(4)7(5)6;1-2-3/h2,4,7H,1H2,(H,5,6);2-3H2,1H3. The van der Waals surface area contributed by atoms with Crippen molar-refractivity contribution in [2.24, 2.45) is 5.73 Å². The first-order valence-corrected chi connectivity index (χ1v) is 4.73. The van der Waals surface area contributed by atoms with Crippen LogP contribution in [0.5, 0.6) is 0 Å². The zero-order chi connectivity index (χ0) is 8.57. The van der Waals surface area contributed by atoms with Crippen molar-refractivity contribution in [1.29, 1.82) is 0 Å². The highest BCUT2D eigenvalue weighted by atomic mass is 35.5. The molecule has 2 atom stereocenters. The van der Waals surface area contributed by atoms with E-state index >= 15 is 0 Å². The summed E-state index contributed by atoms with van der Waals surface area (Å²) in [6.45, 7) is 2.65. The van der Waals surface area contributed by atoms with Gasteiger partial charge in [0.15, 0.2) is 0 Å². The second-order valence-electron chi connectivity index (χ2n) is 1.42. The summed E-state index contributed by atoms with van der Waals surface area (Å²) in [7, 11) is -2.79. The summed E-state index contributed by atoms with van der Waals surface area (Å²) in [5, 5.41) is 8.29. The highest BCUT2D eigenvalue weighted by Crippen LogP contribution is 2.19. The molecule has 0 saturated carbocycles. The molecule has 0 rings (SSSR count). The van der Waals surface area contributed by atoms with Crippen LogP contribution >= 0.6 is 19.6 Å². The third-order valence-electron chi connectivity index (χ3n) is 0.431. The zero-order valence-electron chi connectivity index (χ0n) is 5.75. The first-order valence-electron chi connectivity index (χ1n) is 2.77. The predicted molar refractivity (Wildman–Crippen MR) is 42.7 cm³/mol. The first-order chi connectivity index (χ1) is 4.59. The lowest BCUT2D eigenvalue weighted by Gasteiger charge is -1.96. The number of nitrogens with two attached hydrogens (primary N) is 1. The molecule has 6 heteroatoms. The Bertz CT molecular complexity index is 92.6. The Labute approximate surface area is 65.9 Å². The molecule has 0 heterocycles. The number of hydrogen-bond donors (Lipinski definition) is 3. The van der Waals surface area contributed by atoms with Crippen molar-refractivity contribution in [2.45, 2.75) is 12.8 Å². The molecule has 0 saturated heterocycles. The van der Waals surface area contributed by atoms with Crippen LogP contribution in [-0.2, 0) is 4.57 Å². The van der Waals surface area contributed by atoms with Crippen LogP contribution < -0.4 is 5.73 Å². The van der Waals surface area contributed by atoms with Gasteiger partial charge in [-0.3, -0.25) is 4.57 Å². The average molecular weight is 190 g/mol. The van der Waals surface area contributed by atoms with Gasteiger partial charge in [-0.1, -0.05) is 6.92 Å². The van der Waals surface area contributed by atoms with E-state index in [4.69, 9.17) is 27.3 Å². The maximum atomic E-state index is 9.78. The number of aliphatic hydroxyl groups excluding tert-OH is 1. The van der Waals surface area contributed by atoms with Crippen LogP contribution in [0.2, 0.25) is 0 Å². The van der Waals surface area contributed by atoms with Crippen LogP contribution in [0.1, 0.15) is 6.92 Å². The summed E-state index contributed by atoms with van der Waals surface area (Å²) < 4.78 is 9.78. The average Bonchev–Trinajstić information content (AvgIpc) is 1.88. The van der Waals surface area contributed by atoms with E-state index in [0.717, 1.165) is 6.54 Å². The topological polar surface area (TPSA) is 83.6 Å². The molecule has 64 valence electrons. The van der Waals surface area contributed by atoms with Gasteiger partial charge in [0.05, 0.1) is 5.88 Å². The highest BCUT2D eigenvalue weighted by molar-refractivity contribution is 7.38. The largest absolute Gasteiger partial charge is 0.382 e. The summed E-state index contributed by atoms with van der Waals surface area (Å²) in [6, 6.07) is 0. The third-order valence-corrected chi connectivity index (χ3v) is 1.76. The number of aliphatic hydroxyl groups is 1. The van der Waals surface area contributed by atoms with Gasteiger partial charge in [0.25, 0.3) is 0 Å². The Kier molecular flexibility index (Phi) is 12.2. The molecule has 0 aromatic rings. The van der Waals surface area contributed by atoms with E-state index in [1.165, 1.54) is 0 Å². The van der Waals surface area contributed by atoms with Gasteiger partial charge >= 0.3 is 0 Å². The molecule has 0 aromatic heterocycles. The van der Waals surface area contributed by atoms with Crippen molar-refractivity contribution in [1.82, 2.24) is 0 Å². The molecule has 0 aromatic carbocycles. The molecule has 4 nitrogen and oxygen atoms in total. The van der Waals surface area contributed by atoms with E-state index in [1.807, 2.05) is 6.92 Å². The second kappa shape index (κ2) is 9.40. The van der Waals surface area contributed by atoms with Crippen molar-refractivity contribution < 1.29 is 14.6 Å². The number of rotatable bonds is 2. The van der Waals surface area contributed by atoms with Gasteiger partial charge in [-0.25, -0.2) is 0 Å². The molecular weight excluding hydrogens is 176 g/mol. The van der Waals surface area contributed by atoms with Gasteiger partial charge in [-0.15, -0.1) is 11.6 Å². The molecule has 0 aliphatic rings. The molecular formula is C4H13ClNO3P. The lowest BCUT2D eigenvalue weighted by atomic mass is 10.8. The highest BCUT2D eigenvalue weighted by Gasteiger charge is 2.05. The molecule has 0 radical (unpaired) electrons. The lowest BCUT2D eigenvalue weighted by molar-refractivity contribution is 0.259. The van der Waals surface area contributed by atoms with E-state index in [1.54, 1.807) is 0 Å². The molecule has 0 fully saturated rings. The fourth-order valence-corrected chi connectivity index (χ4v) is 0.594. The van der Waals surface area contributed by atoms with E-state index in [9.17, 15) is 4.57 Å². The molecule has 4 N–H and O–H groups in total. The summed E-state index contributed by atoms with van der Waals surface area (Å²) >= 11 is 4.96. The quantitative estimate of drug-likeness (QED) is 0.421. The number of hydrogen-bond acceptors (Lipinski definition) is 3. The summed E-state index contributed by atoms with van der Waals surface area (Å²) in [6.07, 6.45) is 0. The predicted octanol–water partition coefficient (Wildman–Crippen LogP) is -0.0244. The van der Waals surface area contributed by atoms with Crippen LogP contribution in [0.25, 0.3) is 0 Å².